The number of hydrogen-bond acceptors (Lipinski definition) is 5. The second-order valence-corrected chi connectivity index (χ2v) is 5.69. The summed E-state index contributed by atoms with van der Waals surface area (Å²) in [6.07, 6.45) is 3.58. The molecule has 0 unspecified atom stereocenters. The van der Waals surface area contributed by atoms with Crippen LogP contribution >= 0.6 is 0 Å². The van der Waals surface area contributed by atoms with Crippen molar-refractivity contribution in [3.63, 3.8) is 0 Å². The number of aryl methyl sites for hydroxylation is 1. The van der Waals surface area contributed by atoms with Crippen LogP contribution in [0.25, 0.3) is 5.65 Å². The van der Waals surface area contributed by atoms with Gasteiger partial charge in [-0.15, -0.1) is 5.10 Å². The molecule has 7 heteroatoms. The number of nitrogens with zero attached hydrogens (tertiary/aromatic N) is 6. The lowest BCUT2D eigenvalue weighted by Crippen LogP contribution is -2.50. The highest BCUT2D eigenvalue weighted by molar-refractivity contribution is 5.47. The quantitative estimate of drug-likeness (QED) is 0.713. The van der Waals surface area contributed by atoms with Crippen LogP contribution in [-0.4, -0.2) is 37.5 Å². The first-order valence-electron chi connectivity index (χ1n) is 7.29. The molecule has 4 rings (SSSR count). The lowest BCUT2D eigenvalue weighted by Gasteiger charge is -2.39. The van der Waals surface area contributed by atoms with E-state index in [9.17, 15) is 4.79 Å². The Kier molecular flexibility index (Phi) is 2.92. The SMILES string of the molecule is Cc1ccc(=O)n(CC2CN(c3ccc4nccn4n3)C2)n1. The topological polar surface area (TPSA) is 68.3 Å². The molecular formula is C15H16N6O. The van der Waals surface area contributed by atoms with Crippen molar-refractivity contribution in [1.82, 2.24) is 24.4 Å². The summed E-state index contributed by atoms with van der Waals surface area (Å²) in [7, 11) is 0. The van der Waals surface area contributed by atoms with Crippen LogP contribution in [-0.2, 0) is 6.54 Å². The Bertz CT molecular complexity index is 877. The second kappa shape index (κ2) is 4.94. The van der Waals surface area contributed by atoms with Crippen LogP contribution in [0.3, 0.4) is 0 Å². The Morgan fingerprint density at radius 3 is 2.91 bits per heavy atom. The van der Waals surface area contributed by atoms with Gasteiger partial charge in [0.05, 0.1) is 12.2 Å². The zero-order valence-corrected chi connectivity index (χ0v) is 12.3. The highest BCUT2D eigenvalue weighted by Gasteiger charge is 2.28. The van der Waals surface area contributed by atoms with Crippen molar-refractivity contribution in [3.05, 3.63) is 52.7 Å². The normalized spacial score (nSPS) is 15.2. The zero-order valence-electron chi connectivity index (χ0n) is 12.3. The molecule has 3 aromatic rings. The molecule has 1 fully saturated rings. The maximum atomic E-state index is 11.8. The Labute approximate surface area is 126 Å². The molecule has 0 bridgehead atoms. The molecule has 0 atom stereocenters. The van der Waals surface area contributed by atoms with E-state index in [-0.39, 0.29) is 5.56 Å². The Hall–Kier alpha value is -2.70. The number of imidazole rings is 1. The molecule has 112 valence electrons. The summed E-state index contributed by atoms with van der Waals surface area (Å²) >= 11 is 0. The summed E-state index contributed by atoms with van der Waals surface area (Å²) in [4.78, 5) is 18.2. The molecule has 0 saturated carbocycles. The van der Waals surface area contributed by atoms with Crippen molar-refractivity contribution >= 4 is 11.5 Å². The summed E-state index contributed by atoms with van der Waals surface area (Å²) in [6.45, 7) is 4.32. The minimum absolute atomic E-state index is 0.0398. The Morgan fingerprint density at radius 2 is 2.05 bits per heavy atom. The molecule has 3 aromatic heterocycles. The molecular weight excluding hydrogens is 280 g/mol. The van der Waals surface area contributed by atoms with E-state index in [0.29, 0.717) is 12.5 Å². The Morgan fingerprint density at radius 1 is 1.18 bits per heavy atom. The highest BCUT2D eigenvalue weighted by atomic mass is 16.1. The van der Waals surface area contributed by atoms with Crippen molar-refractivity contribution in [3.8, 4) is 0 Å². The first-order valence-corrected chi connectivity index (χ1v) is 7.29. The van der Waals surface area contributed by atoms with Crippen LogP contribution in [0, 0.1) is 12.8 Å². The molecule has 0 aromatic carbocycles. The fourth-order valence-electron chi connectivity index (χ4n) is 2.77. The number of fused-ring (bicyclic) bond motifs is 1. The molecule has 0 spiro atoms. The predicted octanol–water partition coefficient (Wildman–Crippen LogP) is 0.731. The van der Waals surface area contributed by atoms with Gasteiger partial charge in [-0.25, -0.2) is 14.2 Å². The van der Waals surface area contributed by atoms with Gasteiger partial charge in [-0.1, -0.05) is 0 Å². The minimum Gasteiger partial charge on any atom is -0.354 e. The minimum atomic E-state index is -0.0398. The van der Waals surface area contributed by atoms with E-state index >= 15 is 0 Å². The molecule has 22 heavy (non-hydrogen) atoms. The fraction of sp³-hybridized carbons (Fsp3) is 0.333. The lowest BCUT2D eigenvalue weighted by molar-refractivity contribution is 0.331. The smallest absolute Gasteiger partial charge is 0.266 e. The van der Waals surface area contributed by atoms with Crippen molar-refractivity contribution in [2.45, 2.75) is 13.5 Å². The van der Waals surface area contributed by atoms with Crippen molar-refractivity contribution in [2.24, 2.45) is 5.92 Å². The Balaban J connectivity index is 1.45. The molecule has 0 aliphatic carbocycles. The highest BCUT2D eigenvalue weighted by Crippen LogP contribution is 2.23. The zero-order chi connectivity index (χ0) is 15.1. The van der Waals surface area contributed by atoms with Gasteiger partial charge in [0.15, 0.2) is 5.65 Å². The van der Waals surface area contributed by atoms with E-state index in [1.807, 2.05) is 25.3 Å². The fourth-order valence-corrected chi connectivity index (χ4v) is 2.77. The second-order valence-electron chi connectivity index (χ2n) is 5.69. The summed E-state index contributed by atoms with van der Waals surface area (Å²) in [5.41, 5.74) is 1.67. The molecule has 7 nitrogen and oxygen atoms in total. The van der Waals surface area contributed by atoms with Crippen molar-refractivity contribution in [2.75, 3.05) is 18.0 Å². The largest absolute Gasteiger partial charge is 0.354 e. The third kappa shape index (κ3) is 2.24. The van der Waals surface area contributed by atoms with E-state index in [1.165, 1.54) is 0 Å². The van der Waals surface area contributed by atoms with Gasteiger partial charge in [-0.05, 0) is 25.1 Å². The number of anilines is 1. The monoisotopic (exact) mass is 296 g/mol. The van der Waals surface area contributed by atoms with E-state index in [2.05, 4.69) is 20.1 Å². The van der Waals surface area contributed by atoms with Gasteiger partial charge in [0.25, 0.3) is 5.56 Å². The predicted molar refractivity (Wildman–Crippen MR) is 81.9 cm³/mol. The molecule has 0 radical (unpaired) electrons. The van der Waals surface area contributed by atoms with Crippen molar-refractivity contribution < 1.29 is 0 Å². The van der Waals surface area contributed by atoms with E-state index in [1.54, 1.807) is 27.5 Å². The van der Waals surface area contributed by atoms with Crippen LogP contribution < -0.4 is 10.5 Å². The van der Waals surface area contributed by atoms with Gasteiger partial charge in [0, 0.05) is 37.5 Å². The van der Waals surface area contributed by atoms with Gasteiger partial charge in [0.1, 0.15) is 5.82 Å². The molecule has 1 aliphatic heterocycles. The van der Waals surface area contributed by atoms with Gasteiger partial charge >= 0.3 is 0 Å². The van der Waals surface area contributed by atoms with Crippen LogP contribution in [0.2, 0.25) is 0 Å². The van der Waals surface area contributed by atoms with E-state index < -0.39 is 0 Å². The average molecular weight is 296 g/mol. The van der Waals surface area contributed by atoms with Gasteiger partial charge in [-0.3, -0.25) is 4.79 Å². The molecule has 1 aliphatic rings. The molecule has 4 heterocycles. The maximum Gasteiger partial charge on any atom is 0.266 e. The van der Waals surface area contributed by atoms with Crippen LogP contribution in [0.5, 0.6) is 0 Å². The van der Waals surface area contributed by atoms with Crippen LogP contribution in [0.15, 0.2) is 41.5 Å². The van der Waals surface area contributed by atoms with Crippen LogP contribution in [0.4, 0.5) is 5.82 Å². The number of aromatic nitrogens is 5. The average Bonchev–Trinajstić information content (AvgIpc) is 2.93. The number of hydrogen-bond donors (Lipinski definition) is 0. The summed E-state index contributed by atoms with van der Waals surface area (Å²) < 4.78 is 3.33. The van der Waals surface area contributed by atoms with Crippen LogP contribution in [0.1, 0.15) is 5.69 Å². The standard InChI is InChI=1S/C15H16N6O/c1-11-2-5-15(22)21(17-11)10-12-8-19(9-12)14-4-3-13-16-6-7-20(13)18-14/h2-7,12H,8-10H2,1H3. The van der Waals surface area contributed by atoms with Gasteiger partial charge in [0.2, 0.25) is 0 Å². The molecule has 1 saturated heterocycles. The van der Waals surface area contributed by atoms with E-state index in [0.717, 1.165) is 30.2 Å². The summed E-state index contributed by atoms with van der Waals surface area (Å²) in [6, 6.07) is 7.27. The molecule has 0 N–H and O–H groups in total. The first kappa shape index (κ1) is 13.0. The molecule has 0 amide bonds. The van der Waals surface area contributed by atoms with E-state index in [4.69, 9.17) is 0 Å². The lowest BCUT2D eigenvalue weighted by atomic mass is 10.0. The maximum absolute atomic E-state index is 11.8. The third-order valence-corrected chi connectivity index (χ3v) is 3.95. The first-order chi connectivity index (χ1) is 10.7. The van der Waals surface area contributed by atoms with Gasteiger partial charge < -0.3 is 4.90 Å². The van der Waals surface area contributed by atoms with Gasteiger partial charge in [-0.2, -0.15) is 5.10 Å². The van der Waals surface area contributed by atoms with Crippen molar-refractivity contribution in [1.29, 1.82) is 0 Å². The third-order valence-electron chi connectivity index (χ3n) is 3.95. The summed E-state index contributed by atoms with van der Waals surface area (Å²) in [5, 5.41) is 8.81. The summed E-state index contributed by atoms with van der Waals surface area (Å²) in [5.74, 6) is 1.36. The number of rotatable bonds is 3.